The fraction of sp³-hybridized carbons (Fsp3) is 0.235. The molecule has 26 heavy (non-hydrogen) atoms. The van der Waals surface area contributed by atoms with Crippen LogP contribution in [0.15, 0.2) is 21.1 Å². The molecule has 0 spiro atoms. The maximum Gasteiger partial charge on any atom is 0.348 e. The third-order valence-corrected chi connectivity index (χ3v) is 5.66. The van der Waals surface area contributed by atoms with Crippen molar-refractivity contribution < 1.29 is 19.1 Å². The number of hydrogen-bond acceptors (Lipinski definition) is 6. The molecule has 1 aromatic heterocycles. The minimum absolute atomic E-state index is 0.240. The van der Waals surface area contributed by atoms with Gasteiger partial charge < -0.3 is 14.8 Å². The molecule has 0 saturated carbocycles. The van der Waals surface area contributed by atoms with Crippen LogP contribution in [0.2, 0.25) is 0 Å². The Morgan fingerprint density at radius 1 is 1.31 bits per heavy atom. The normalized spacial score (nSPS) is 10.2. The summed E-state index contributed by atoms with van der Waals surface area (Å²) < 4.78 is 11.9. The highest BCUT2D eigenvalue weighted by Crippen LogP contribution is 2.34. The van der Waals surface area contributed by atoms with Crippen molar-refractivity contribution in [3.63, 3.8) is 0 Å². The Morgan fingerprint density at radius 2 is 2.00 bits per heavy atom. The maximum atomic E-state index is 12.2. The van der Waals surface area contributed by atoms with E-state index >= 15 is 0 Å². The van der Waals surface area contributed by atoms with Gasteiger partial charge in [0.1, 0.15) is 21.7 Å². The van der Waals surface area contributed by atoms with Crippen molar-refractivity contribution in [1.29, 1.82) is 5.26 Å². The topological polar surface area (TPSA) is 88.4 Å². The van der Waals surface area contributed by atoms with Crippen molar-refractivity contribution in [2.24, 2.45) is 0 Å². The minimum atomic E-state index is -0.546. The van der Waals surface area contributed by atoms with Gasteiger partial charge in [-0.2, -0.15) is 5.26 Å². The highest BCUT2D eigenvalue weighted by atomic mass is 79.9. The van der Waals surface area contributed by atoms with Crippen molar-refractivity contribution >= 4 is 60.1 Å². The number of nitriles is 1. The monoisotopic (exact) mass is 500 g/mol. The van der Waals surface area contributed by atoms with Crippen molar-refractivity contribution in [2.45, 2.75) is 13.8 Å². The van der Waals surface area contributed by atoms with E-state index < -0.39 is 11.9 Å². The summed E-state index contributed by atoms with van der Waals surface area (Å²) in [6.45, 7) is 3.26. The second-order valence-corrected chi connectivity index (χ2v) is 8.02. The number of carbonyl (C=O) groups excluding carboxylic acids is 2. The Hall–Kier alpha value is -1.89. The molecule has 0 saturated heterocycles. The summed E-state index contributed by atoms with van der Waals surface area (Å²) in [5.74, 6) is -0.426. The van der Waals surface area contributed by atoms with Crippen LogP contribution in [0.3, 0.4) is 0 Å². The number of nitrogens with one attached hydrogen (secondary N) is 1. The molecular formula is C17H14Br2N2O4S. The van der Waals surface area contributed by atoms with Crippen LogP contribution < -0.4 is 10.1 Å². The number of methoxy groups -OCH3 is 1. The molecule has 6 nitrogen and oxygen atoms in total. The zero-order chi connectivity index (χ0) is 19.4. The lowest BCUT2D eigenvalue weighted by Crippen LogP contribution is -2.20. The molecule has 0 fully saturated rings. The molecule has 2 rings (SSSR count). The SMILES string of the molecule is COC(=O)c1sc(NC(=O)COc2c(C)cc(Br)cc2Br)c(C#N)c1C. The van der Waals surface area contributed by atoms with Crippen molar-refractivity contribution in [3.8, 4) is 11.8 Å². The Balaban J connectivity index is 2.14. The quantitative estimate of drug-likeness (QED) is 0.606. The standard InChI is InChI=1S/C17H14Br2N2O4S/c1-8-4-10(18)5-12(19)14(8)25-7-13(22)21-16-11(6-20)9(2)15(26-16)17(23)24-3/h4-5H,7H2,1-3H3,(H,21,22). The number of ether oxygens (including phenoxy) is 2. The molecule has 136 valence electrons. The summed E-state index contributed by atoms with van der Waals surface area (Å²) in [7, 11) is 1.26. The minimum Gasteiger partial charge on any atom is -0.482 e. The molecule has 2 aromatic rings. The molecule has 1 N–H and O–H groups in total. The van der Waals surface area contributed by atoms with Crippen LogP contribution in [-0.2, 0) is 9.53 Å². The van der Waals surface area contributed by atoms with E-state index in [0.717, 1.165) is 25.8 Å². The van der Waals surface area contributed by atoms with Gasteiger partial charge in [-0.3, -0.25) is 4.79 Å². The van der Waals surface area contributed by atoms with E-state index in [9.17, 15) is 14.9 Å². The number of hydrogen-bond donors (Lipinski definition) is 1. The second kappa shape index (κ2) is 8.66. The molecule has 1 aromatic carbocycles. The molecule has 1 amide bonds. The summed E-state index contributed by atoms with van der Waals surface area (Å²) >= 11 is 7.78. The van der Waals surface area contributed by atoms with Gasteiger partial charge in [0, 0.05) is 4.47 Å². The third kappa shape index (κ3) is 4.44. The smallest absolute Gasteiger partial charge is 0.348 e. The summed E-state index contributed by atoms with van der Waals surface area (Å²) in [6, 6.07) is 5.69. The van der Waals surface area contributed by atoms with Crippen LogP contribution >= 0.6 is 43.2 Å². The number of carbonyl (C=O) groups is 2. The summed E-state index contributed by atoms with van der Waals surface area (Å²) in [5.41, 5.74) is 1.58. The van der Waals surface area contributed by atoms with E-state index in [-0.39, 0.29) is 17.0 Å². The second-order valence-electron chi connectivity index (χ2n) is 5.23. The van der Waals surface area contributed by atoms with Crippen LogP contribution in [0.25, 0.3) is 0 Å². The Labute approximate surface area is 171 Å². The van der Waals surface area contributed by atoms with E-state index in [0.29, 0.717) is 16.3 Å². The highest BCUT2D eigenvalue weighted by Gasteiger charge is 2.22. The molecular weight excluding hydrogens is 488 g/mol. The number of aryl methyl sites for hydroxylation is 1. The Morgan fingerprint density at radius 3 is 2.58 bits per heavy atom. The number of halogens is 2. The fourth-order valence-electron chi connectivity index (χ4n) is 2.20. The number of nitrogens with zero attached hydrogens (tertiary/aromatic N) is 1. The first kappa shape index (κ1) is 20.4. The molecule has 9 heteroatoms. The van der Waals surface area contributed by atoms with Gasteiger partial charge >= 0.3 is 5.97 Å². The van der Waals surface area contributed by atoms with Crippen molar-refractivity contribution in [3.05, 3.63) is 42.6 Å². The summed E-state index contributed by atoms with van der Waals surface area (Å²) in [5, 5.41) is 12.2. The fourth-order valence-corrected chi connectivity index (χ4v) is 4.84. The number of esters is 1. The lowest BCUT2D eigenvalue weighted by molar-refractivity contribution is -0.118. The first-order valence-electron chi connectivity index (χ1n) is 7.28. The van der Waals surface area contributed by atoms with Gasteiger partial charge in [-0.15, -0.1) is 11.3 Å². The van der Waals surface area contributed by atoms with Gasteiger partial charge in [0.25, 0.3) is 5.91 Å². The third-order valence-electron chi connectivity index (χ3n) is 3.42. The lowest BCUT2D eigenvalue weighted by atomic mass is 10.2. The molecule has 0 aliphatic rings. The molecule has 0 bridgehead atoms. The highest BCUT2D eigenvalue weighted by molar-refractivity contribution is 9.11. The molecule has 0 aliphatic carbocycles. The summed E-state index contributed by atoms with van der Waals surface area (Å²) in [6.07, 6.45) is 0. The lowest BCUT2D eigenvalue weighted by Gasteiger charge is -2.11. The zero-order valence-corrected chi connectivity index (χ0v) is 18.1. The number of amides is 1. The Kier molecular flexibility index (Phi) is 6.81. The molecule has 0 unspecified atom stereocenters. The van der Waals surface area contributed by atoms with E-state index in [2.05, 4.69) is 37.2 Å². The molecule has 0 atom stereocenters. The van der Waals surface area contributed by atoms with Crippen molar-refractivity contribution in [1.82, 2.24) is 0 Å². The van der Waals surface area contributed by atoms with Crippen LogP contribution in [-0.4, -0.2) is 25.6 Å². The van der Waals surface area contributed by atoms with Crippen molar-refractivity contribution in [2.75, 3.05) is 19.0 Å². The largest absolute Gasteiger partial charge is 0.482 e. The first-order chi connectivity index (χ1) is 12.3. The summed E-state index contributed by atoms with van der Waals surface area (Å²) in [4.78, 5) is 24.3. The average Bonchev–Trinajstić information content (AvgIpc) is 2.88. The van der Waals surface area contributed by atoms with Crippen LogP contribution in [0.4, 0.5) is 5.00 Å². The first-order valence-corrected chi connectivity index (χ1v) is 9.68. The van der Waals surface area contributed by atoms with E-state index in [1.807, 2.05) is 25.1 Å². The van der Waals surface area contributed by atoms with E-state index in [1.165, 1.54) is 7.11 Å². The molecule has 0 radical (unpaired) electrons. The number of benzene rings is 1. The number of rotatable bonds is 5. The van der Waals surface area contributed by atoms with Gasteiger partial charge in [0.15, 0.2) is 6.61 Å². The van der Waals surface area contributed by atoms with E-state index in [1.54, 1.807) is 6.92 Å². The van der Waals surface area contributed by atoms with Gasteiger partial charge in [0.2, 0.25) is 0 Å². The van der Waals surface area contributed by atoms with Crippen LogP contribution in [0, 0.1) is 25.2 Å². The van der Waals surface area contributed by atoms with Crippen LogP contribution in [0.1, 0.15) is 26.4 Å². The van der Waals surface area contributed by atoms with Gasteiger partial charge in [-0.1, -0.05) is 15.9 Å². The van der Waals surface area contributed by atoms with E-state index in [4.69, 9.17) is 9.47 Å². The average molecular weight is 502 g/mol. The maximum absolute atomic E-state index is 12.2. The molecule has 0 aliphatic heterocycles. The van der Waals surface area contributed by atoms with Gasteiger partial charge in [-0.05, 0) is 53.0 Å². The predicted molar refractivity (Wildman–Crippen MR) is 106 cm³/mol. The van der Waals surface area contributed by atoms with Gasteiger partial charge in [-0.25, -0.2) is 4.79 Å². The predicted octanol–water partition coefficient (Wildman–Crippen LogP) is 4.57. The van der Waals surface area contributed by atoms with Crippen LogP contribution in [0.5, 0.6) is 5.75 Å². The number of anilines is 1. The number of thiophene rings is 1. The van der Waals surface area contributed by atoms with Gasteiger partial charge in [0.05, 0.1) is 17.1 Å². The Bertz CT molecular complexity index is 895. The zero-order valence-electron chi connectivity index (χ0n) is 14.1. The molecule has 1 heterocycles.